The molecule has 1 rings (SSSR count). The van der Waals surface area contributed by atoms with E-state index in [0.29, 0.717) is 3.95 Å². The summed E-state index contributed by atoms with van der Waals surface area (Å²) < 4.78 is 2.38. The molecule has 0 fully saturated rings. The highest BCUT2D eigenvalue weighted by atomic mass is 32.1. The van der Waals surface area contributed by atoms with Crippen LogP contribution < -0.4 is 0 Å². The molecule has 0 aliphatic heterocycles. The van der Waals surface area contributed by atoms with Crippen molar-refractivity contribution in [3.63, 3.8) is 0 Å². The molecular formula is C9H13NO2S2. The fourth-order valence-corrected chi connectivity index (χ4v) is 3.07. The number of hydrogen-bond donors (Lipinski definition) is 1. The quantitative estimate of drug-likeness (QED) is 0.813. The van der Waals surface area contributed by atoms with Crippen molar-refractivity contribution in [2.75, 3.05) is 0 Å². The molecule has 0 aliphatic carbocycles. The van der Waals surface area contributed by atoms with Gasteiger partial charge < -0.3 is 9.67 Å². The topological polar surface area (TPSA) is 42.2 Å². The largest absolute Gasteiger partial charge is 0.480 e. The first-order valence-electron chi connectivity index (χ1n) is 4.42. The molecule has 0 aromatic carbocycles. The van der Waals surface area contributed by atoms with Crippen LogP contribution in [-0.4, -0.2) is 15.6 Å². The van der Waals surface area contributed by atoms with Gasteiger partial charge >= 0.3 is 5.97 Å². The van der Waals surface area contributed by atoms with Crippen LogP contribution in [0.25, 0.3) is 0 Å². The molecule has 1 aromatic rings. The van der Waals surface area contributed by atoms with E-state index in [4.69, 9.17) is 17.3 Å². The van der Waals surface area contributed by atoms with Crippen molar-refractivity contribution < 1.29 is 9.90 Å². The molecule has 3 nitrogen and oxygen atoms in total. The van der Waals surface area contributed by atoms with Gasteiger partial charge in [0, 0.05) is 10.6 Å². The average molecular weight is 231 g/mol. The van der Waals surface area contributed by atoms with Crippen molar-refractivity contribution in [1.29, 1.82) is 0 Å². The maximum absolute atomic E-state index is 10.9. The maximum atomic E-state index is 10.9. The molecule has 1 aromatic heterocycles. The second-order valence-corrected chi connectivity index (χ2v) is 4.96. The third-order valence-corrected chi connectivity index (χ3v) is 3.57. The number of hydrogen-bond acceptors (Lipinski definition) is 3. The van der Waals surface area contributed by atoms with E-state index in [1.54, 1.807) is 11.5 Å². The lowest BCUT2D eigenvalue weighted by atomic mass is 10.2. The lowest BCUT2D eigenvalue weighted by Gasteiger charge is -2.12. The van der Waals surface area contributed by atoms with E-state index >= 15 is 0 Å². The third-order valence-electron chi connectivity index (χ3n) is 2.21. The van der Waals surface area contributed by atoms with Crippen LogP contribution in [0.5, 0.6) is 0 Å². The van der Waals surface area contributed by atoms with Crippen molar-refractivity contribution in [2.45, 2.75) is 33.2 Å². The van der Waals surface area contributed by atoms with Gasteiger partial charge in [-0.05, 0) is 32.5 Å². The van der Waals surface area contributed by atoms with Gasteiger partial charge in [-0.1, -0.05) is 6.92 Å². The summed E-state index contributed by atoms with van der Waals surface area (Å²) in [5, 5.41) is 8.93. The Morgan fingerprint density at radius 3 is 2.71 bits per heavy atom. The fraction of sp³-hybridized carbons (Fsp3) is 0.556. The number of aromatic nitrogens is 1. The SMILES string of the molecule is CCc1c(C)sc(=S)n1[C@@H](C)C(=O)O. The van der Waals surface area contributed by atoms with Crippen molar-refractivity contribution in [2.24, 2.45) is 0 Å². The maximum Gasteiger partial charge on any atom is 0.326 e. The van der Waals surface area contributed by atoms with Gasteiger partial charge in [0.1, 0.15) is 6.04 Å². The molecule has 0 saturated carbocycles. The Kier molecular flexibility index (Phi) is 3.44. The van der Waals surface area contributed by atoms with Gasteiger partial charge in [0.15, 0.2) is 3.95 Å². The van der Waals surface area contributed by atoms with Gasteiger partial charge in [-0.15, -0.1) is 11.3 Å². The number of aliphatic carboxylic acids is 1. The summed E-state index contributed by atoms with van der Waals surface area (Å²) in [6.07, 6.45) is 0.816. The number of aryl methyl sites for hydroxylation is 1. The van der Waals surface area contributed by atoms with E-state index < -0.39 is 12.0 Å². The zero-order valence-electron chi connectivity index (χ0n) is 8.40. The predicted molar refractivity (Wildman–Crippen MR) is 59.6 cm³/mol. The summed E-state index contributed by atoms with van der Waals surface area (Å²) >= 11 is 6.62. The van der Waals surface area contributed by atoms with Crippen molar-refractivity contribution in [1.82, 2.24) is 4.57 Å². The molecule has 0 bridgehead atoms. The molecule has 0 radical (unpaired) electrons. The number of thiazole rings is 1. The summed E-state index contributed by atoms with van der Waals surface area (Å²) in [4.78, 5) is 12.0. The second kappa shape index (κ2) is 4.23. The minimum Gasteiger partial charge on any atom is -0.480 e. The Hall–Kier alpha value is -0.680. The lowest BCUT2D eigenvalue weighted by Crippen LogP contribution is -2.17. The van der Waals surface area contributed by atoms with Crippen LogP contribution in [0, 0.1) is 10.9 Å². The second-order valence-electron chi connectivity index (χ2n) is 3.11. The molecule has 1 N–H and O–H groups in total. The Morgan fingerprint density at radius 1 is 1.71 bits per heavy atom. The molecule has 0 saturated heterocycles. The van der Waals surface area contributed by atoms with Crippen molar-refractivity contribution in [3.8, 4) is 0 Å². The molecule has 1 heterocycles. The first-order chi connectivity index (χ1) is 6.49. The Morgan fingerprint density at radius 2 is 2.29 bits per heavy atom. The molecule has 0 spiro atoms. The van der Waals surface area contributed by atoms with E-state index in [9.17, 15) is 4.79 Å². The summed E-state index contributed by atoms with van der Waals surface area (Å²) in [7, 11) is 0. The lowest BCUT2D eigenvalue weighted by molar-refractivity contribution is -0.140. The number of rotatable bonds is 3. The normalized spacial score (nSPS) is 12.8. The molecule has 0 aliphatic rings. The third kappa shape index (κ3) is 1.88. The average Bonchev–Trinajstić information content (AvgIpc) is 2.38. The van der Waals surface area contributed by atoms with E-state index in [0.717, 1.165) is 17.0 Å². The van der Waals surface area contributed by atoms with Gasteiger partial charge in [0.2, 0.25) is 0 Å². The van der Waals surface area contributed by atoms with Gasteiger partial charge in [-0.25, -0.2) is 4.79 Å². The summed E-state index contributed by atoms with van der Waals surface area (Å²) in [5.41, 5.74) is 1.04. The molecule has 5 heteroatoms. The minimum absolute atomic E-state index is 0.567. The Bertz CT molecular complexity index is 405. The zero-order valence-corrected chi connectivity index (χ0v) is 10.0. The van der Waals surface area contributed by atoms with Crippen LogP contribution in [0.1, 0.15) is 30.5 Å². The van der Waals surface area contributed by atoms with Gasteiger partial charge in [0.05, 0.1) is 0 Å². The Balaban J connectivity index is 3.32. The van der Waals surface area contributed by atoms with Crippen LogP contribution in [0.3, 0.4) is 0 Å². The first kappa shape index (κ1) is 11.4. The van der Waals surface area contributed by atoms with Crippen molar-refractivity contribution in [3.05, 3.63) is 14.5 Å². The first-order valence-corrected chi connectivity index (χ1v) is 5.65. The van der Waals surface area contributed by atoms with E-state index in [1.165, 1.54) is 11.3 Å². The molecule has 0 amide bonds. The van der Waals surface area contributed by atoms with Crippen LogP contribution in [0.15, 0.2) is 0 Å². The minimum atomic E-state index is -0.839. The molecule has 1 atom stereocenters. The van der Waals surface area contributed by atoms with Crippen LogP contribution >= 0.6 is 23.6 Å². The molecule has 14 heavy (non-hydrogen) atoms. The number of carboxylic acids is 1. The van der Waals surface area contributed by atoms with Crippen LogP contribution in [0.4, 0.5) is 0 Å². The van der Waals surface area contributed by atoms with Gasteiger partial charge in [-0.2, -0.15) is 0 Å². The highest BCUT2D eigenvalue weighted by Crippen LogP contribution is 2.23. The number of carbonyl (C=O) groups is 1. The van der Waals surface area contributed by atoms with E-state index in [2.05, 4.69) is 0 Å². The van der Waals surface area contributed by atoms with Crippen molar-refractivity contribution >= 4 is 29.5 Å². The van der Waals surface area contributed by atoms with Gasteiger partial charge in [-0.3, -0.25) is 0 Å². The summed E-state index contributed by atoms with van der Waals surface area (Å²) in [5.74, 6) is -0.839. The molecule has 0 unspecified atom stereocenters. The smallest absolute Gasteiger partial charge is 0.326 e. The highest BCUT2D eigenvalue weighted by Gasteiger charge is 2.18. The predicted octanol–water partition coefficient (Wildman–Crippen LogP) is 2.80. The zero-order chi connectivity index (χ0) is 10.9. The summed E-state index contributed by atoms with van der Waals surface area (Å²) in [6, 6.07) is -0.567. The fourth-order valence-electron chi connectivity index (χ4n) is 1.44. The molecule has 78 valence electrons. The van der Waals surface area contributed by atoms with Gasteiger partial charge in [0.25, 0.3) is 0 Å². The monoisotopic (exact) mass is 231 g/mol. The van der Waals surface area contributed by atoms with E-state index in [-0.39, 0.29) is 0 Å². The van der Waals surface area contributed by atoms with Crippen LogP contribution in [0.2, 0.25) is 0 Å². The van der Waals surface area contributed by atoms with E-state index in [1.807, 2.05) is 13.8 Å². The number of nitrogens with zero attached hydrogens (tertiary/aromatic N) is 1. The number of carboxylic acid groups (broad SMARTS) is 1. The standard InChI is InChI=1S/C9H13NO2S2/c1-4-7-6(3)14-9(13)10(7)5(2)8(11)12/h5H,4H2,1-3H3,(H,11,12)/t5-/m0/s1. The summed E-state index contributed by atoms with van der Waals surface area (Å²) in [6.45, 7) is 5.64. The highest BCUT2D eigenvalue weighted by molar-refractivity contribution is 7.73. The van der Waals surface area contributed by atoms with Crippen LogP contribution in [-0.2, 0) is 11.2 Å². The molecular weight excluding hydrogens is 218 g/mol. The Labute approximate surface area is 92.0 Å².